The predicted molar refractivity (Wildman–Crippen MR) is 136 cm³/mol. The lowest BCUT2D eigenvalue weighted by atomic mass is 10.2. The molecule has 0 aliphatic carbocycles. The first-order valence-electron chi connectivity index (χ1n) is 11.1. The summed E-state index contributed by atoms with van der Waals surface area (Å²) >= 11 is 3.53. The van der Waals surface area contributed by atoms with Gasteiger partial charge in [0.05, 0.1) is 11.0 Å². The highest BCUT2D eigenvalue weighted by Crippen LogP contribution is 2.29. The summed E-state index contributed by atoms with van der Waals surface area (Å²) in [7, 11) is 1.97. The van der Waals surface area contributed by atoms with Crippen molar-refractivity contribution in [3.8, 4) is 11.5 Å². The summed E-state index contributed by atoms with van der Waals surface area (Å²) in [6.07, 6.45) is 2.50. The van der Waals surface area contributed by atoms with Crippen LogP contribution in [0.15, 0.2) is 59.2 Å². The van der Waals surface area contributed by atoms with Gasteiger partial charge in [-0.05, 0) is 61.9 Å². The second-order valence-corrected chi connectivity index (χ2v) is 9.23. The van der Waals surface area contributed by atoms with Crippen LogP contribution in [0, 0.1) is 6.92 Å². The molecular formula is C25H25BrN6O2. The van der Waals surface area contributed by atoms with E-state index >= 15 is 0 Å². The number of nitrogens with zero attached hydrogens (tertiary/aromatic N) is 3. The maximum atomic E-state index is 12.5. The molecule has 0 spiro atoms. The summed E-state index contributed by atoms with van der Waals surface area (Å²) in [5.74, 6) is 1.72. The zero-order chi connectivity index (χ0) is 23.7. The fraction of sp³-hybridized carbons (Fsp3) is 0.240. The molecule has 1 aliphatic rings. The summed E-state index contributed by atoms with van der Waals surface area (Å²) in [4.78, 5) is 21.5. The van der Waals surface area contributed by atoms with Gasteiger partial charge in [0, 0.05) is 48.1 Å². The Morgan fingerprint density at radius 2 is 2.03 bits per heavy atom. The summed E-state index contributed by atoms with van der Waals surface area (Å²) in [5.41, 5.74) is 4.22. The molecule has 0 bridgehead atoms. The molecule has 1 amide bonds. The SMILES string of the molecule is Cc1cc(Nc2nc3cc(Oc4ccnc(C(=O)N[C@@H]5CCNC5)c4)ccc3n2C)ccc1Br. The summed E-state index contributed by atoms with van der Waals surface area (Å²) in [5, 5.41) is 9.62. The molecule has 0 radical (unpaired) electrons. The van der Waals surface area contributed by atoms with E-state index in [1.807, 2.05) is 48.9 Å². The third kappa shape index (κ3) is 4.76. The third-order valence-corrected chi connectivity index (χ3v) is 6.75. The first kappa shape index (κ1) is 22.4. The molecule has 1 fully saturated rings. The van der Waals surface area contributed by atoms with Crippen molar-refractivity contribution in [1.82, 2.24) is 25.2 Å². The van der Waals surface area contributed by atoms with Gasteiger partial charge in [-0.25, -0.2) is 4.98 Å². The number of carbonyl (C=O) groups excluding carboxylic acids is 1. The number of aromatic nitrogens is 3. The van der Waals surface area contributed by atoms with Crippen LogP contribution in [0.2, 0.25) is 0 Å². The molecule has 1 atom stereocenters. The minimum atomic E-state index is -0.196. The molecule has 2 aromatic heterocycles. The molecule has 5 rings (SSSR count). The lowest BCUT2D eigenvalue weighted by molar-refractivity contribution is 0.0934. The van der Waals surface area contributed by atoms with Crippen LogP contribution in [-0.2, 0) is 7.05 Å². The van der Waals surface area contributed by atoms with Crippen LogP contribution in [0.5, 0.6) is 11.5 Å². The Labute approximate surface area is 205 Å². The van der Waals surface area contributed by atoms with Gasteiger partial charge in [0.15, 0.2) is 0 Å². The van der Waals surface area contributed by atoms with Crippen LogP contribution in [-0.4, -0.2) is 39.6 Å². The Hall–Kier alpha value is -3.43. The summed E-state index contributed by atoms with van der Waals surface area (Å²) < 4.78 is 9.11. The molecule has 1 saturated heterocycles. The number of ether oxygens (including phenoxy) is 1. The normalized spacial score (nSPS) is 15.4. The maximum absolute atomic E-state index is 12.5. The van der Waals surface area contributed by atoms with E-state index in [0.29, 0.717) is 17.2 Å². The lowest BCUT2D eigenvalue weighted by Crippen LogP contribution is -2.36. The van der Waals surface area contributed by atoms with Gasteiger partial charge in [0.25, 0.3) is 5.91 Å². The average molecular weight is 521 g/mol. The van der Waals surface area contributed by atoms with Crippen molar-refractivity contribution in [2.24, 2.45) is 7.05 Å². The third-order valence-electron chi connectivity index (χ3n) is 5.86. The molecule has 174 valence electrons. The summed E-state index contributed by atoms with van der Waals surface area (Å²) in [6, 6.07) is 15.4. The van der Waals surface area contributed by atoms with Gasteiger partial charge in [0.2, 0.25) is 5.95 Å². The number of rotatable bonds is 6. The number of pyridine rings is 1. The number of nitrogens with one attached hydrogen (secondary N) is 3. The molecule has 3 heterocycles. The van der Waals surface area contributed by atoms with Gasteiger partial charge in [-0.15, -0.1) is 0 Å². The number of amides is 1. The monoisotopic (exact) mass is 520 g/mol. The zero-order valence-electron chi connectivity index (χ0n) is 18.9. The fourth-order valence-corrected chi connectivity index (χ4v) is 4.23. The van der Waals surface area contributed by atoms with Gasteiger partial charge in [0.1, 0.15) is 17.2 Å². The van der Waals surface area contributed by atoms with Crippen LogP contribution in [0.25, 0.3) is 11.0 Å². The Bertz CT molecular complexity index is 1360. The van der Waals surface area contributed by atoms with Gasteiger partial charge >= 0.3 is 0 Å². The molecule has 9 heteroatoms. The fourth-order valence-electron chi connectivity index (χ4n) is 3.98. The van der Waals surface area contributed by atoms with E-state index in [0.717, 1.165) is 52.2 Å². The number of hydrogen-bond acceptors (Lipinski definition) is 6. The van der Waals surface area contributed by atoms with E-state index in [9.17, 15) is 4.79 Å². The zero-order valence-corrected chi connectivity index (χ0v) is 20.5. The minimum absolute atomic E-state index is 0.134. The van der Waals surface area contributed by atoms with Gasteiger partial charge in [-0.3, -0.25) is 9.78 Å². The number of benzene rings is 2. The van der Waals surface area contributed by atoms with E-state index < -0.39 is 0 Å². The van der Waals surface area contributed by atoms with Crippen molar-refractivity contribution in [1.29, 1.82) is 0 Å². The lowest BCUT2D eigenvalue weighted by Gasteiger charge is -2.11. The standard InChI is InChI=1S/C25H25BrN6O2/c1-15-11-16(3-5-20(15)26)30-25-31-21-12-18(4-6-23(21)32(25)2)34-19-8-10-28-22(13-19)24(33)29-17-7-9-27-14-17/h3-6,8,10-13,17,27H,7,9,14H2,1-2H3,(H,29,33)(H,30,31)/t17-/m1/s1. The average Bonchev–Trinajstić information content (AvgIpc) is 3.44. The van der Waals surface area contributed by atoms with E-state index in [4.69, 9.17) is 9.72 Å². The Morgan fingerprint density at radius 1 is 1.18 bits per heavy atom. The topological polar surface area (TPSA) is 93.1 Å². The van der Waals surface area contributed by atoms with Crippen LogP contribution in [0.3, 0.4) is 0 Å². The molecule has 34 heavy (non-hydrogen) atoms. The van der Waals surface area contributed by atoms with Crippen molar-refractivity contribution < 1.29 is 9.53 Å². The highest BCUT2D eigenvalue weighted by atomic mass is 79.9. The van der Waals surface area contributed by atoms with Crippen LogP contribution >= 0.6 is 15.9 Å². The molecular weight excluding hydrogens is 496 g/mol. The van der Waals surface area contributed by atoms with E-state index in [2.05, 4.69) is 42.9 Å². The van der Waals surface area contributed by atoms with E-state index in [1.165, 1.54) is 0 Å². The van der Waals surface area contributed by atoms with Crippen LogP contribution in [0.1, 0.15) is 22.5 Å². The van der Waals surface area contributed by atoms with Gasteiger partial charge in [-0.1, -0.05) is 15.9 Å². The number of halogens is 1. The molecule has 2 aromatic carbocycles. The van der Waals surface area contributed by atoms with Crippen molar-refractivity contribution in [3.05, 3.63) is 70.5 Å². The molecule has 1 aliphatic heterocycles. The number of fused-ring (bicyclic) bond motifs is 1. The second-order valence-electron chi connectivity index (χ2n) is 8.38. The molecule has 4 aromatic rings. The highest BCUT2D eigenvalue weighted by Gasteiger charge is 2.18. The number of aryl methyl sites for hydroxylation is 2. The highest BCUT2D eigenvalue weighted by molar-refractivity contribution is 9.10. The maximum Gasteiger partial charge on any atom is 0.270 e. The van der Waals surface area contributed by atoms with Crippen molar-refractivity contribution in [2.45, 2.75) is 19.4 Å². The largest absolute Gasteiger partial charge is 0.457 e. The number of anilines is 2. The first-order chi connectivity index (χ1) is 16.5. The van der Waals surface area contributed by atoms with Crippen molar-refractivity contribution >= 4 is 44.5 Å². The number of imidazole rings is 1. The number of carbonyl (C=O) groups is 1. The van der Waals surface area contributed by atoms with Crippen LogP contribution in [0.4, 0.5) is 11.6 Å². The quantitative estimate of drug-likeness (QED) is 0.342. The summed E-state index contributed by atoms with van der Waals surface area (Å²) in [6.45, 7) is 3.75. The first-order valence-corrected chi connectivity index (χ1v) is 11.9. The Morgan fingerprint density at radius 3 is 2.82 bits per heavy atom. The molecule has 0 unspecified atom stereocenters. The van der Waals surface area contributed by atoms with Gasteiger partial charge < -0.3 is 25.3 Å². The molecule has 8 nitrogen and oxygen atoms in total. The Balaban J connectivity index is 1.33. The predicted octanol–water partition coefficient (Wildman–Crippen LogP) is 4.67. The Kier molecular flexibility index (Phi) is 6.21. The minimum Gasteiger partial charge on any atom is -0.457 e. The molecule has 0 saturated carbocycles. The van der Waals surface area contributed by atoms with Crippen molar-refractivity contribution in [2.75, 3.05) is 18.4 Å². The van der Waals surface area contributed by atoms with Crippen molar-refractivity contribution in [3.63, 3.8) is 0 Å². The van der Waals surface area contributed by atoms with Crippen LogP contribution < -0.4 is 20.7 Å². The number of hydrogen-bond donors (Lipinski definition) is 3. The smallest absolute Gasteiger partial charge is 0.270 e. The molecule has 3 N–H and O–H groups in total. The second kappa shape index (κ2) is 9.44. The van der Waals surface area contributed by atoms with Gasteiger partial charge in [-0.2, -0.15) is 0 Å². The van der Waals surface area contributed by atoms with E-state index in [1.54, 1.807) is 18.3 Å². The van der Waals surface area contributed by atoms with E-state index in [-0.39, 0.29) is 11.9 Å².